The van der Waals surface area contributed by atoms with Crippen LogP contribution in [-0.2, 0) is 6.42 Å². The molecule has 1 heterocycles. The lowest BCUT2D eigenvalue weighted by Crippen LogP contribution is -2.30. The van der Waals surface area contributed by atoms with E-state index in [1.807, 2.05) is 20.8 Å². The van der Waals surface area contributed by atoms with E-state index in [2.05, 4.69) is 15.7 Å². The molecule has 0 unspecified atom stereocenters. The van der Waals surface area contributed by atoms with Crippen molar-refractivity contribution in [3.63, 3.8) is 0 Å². The number of rotatable bonds is 6. The molecule has 0 atom stereocenters. The normalized spacial score (nSPS) is 10.9. The fourth-order valence-electron chi connectivity index (χ4n) is 3.01. The molecule has 0 aliphatic rings. The van der Waals surface area contributed by atoms with Crippen LogP contribution in [0.3, 0.4) is 0 Å². The van der Waals surface area contributed by atoms with Crippen molar-refractivity contribution in [1.29, 1.82) is 0 Å². The summed E-state index contributed by atoms with van der Waals surface area (Å²) in [6.07, 6.45) is 1.99. The maximum absolute atomic E-state index is 13.2. The Morgan fingerprint density at radius 3 is 2.47 bits per heavy atom. The molecule has 8 heteroatoms. The Morgan fingerprint density at radius 2 is 1.83 bits per heavy atom. The van der Waals surface area contributed by atoms with E-state index in [0.29, 0.717) is 39.6 Å². The van der Waals surface area contributed by atoms with Crippen molar-refractivity contribution in [2.45, 2.75) is 33.2 Å². The predicted octanol–water partition coefficient (Wildman–Crippen LogP) is 4.62. The Labute approximate surface area is 179 Å². The number of hydrogen-bond donors (Lipinski definition) is 2. The summed E-state index contributed by atoms with van der Waals surface area (Å²) in [5.74, 6) is -1.00. The van der Waals surface area contributed by atoms with Gasteiger partial charge in [0.25, 0.3) is 11.8 Å². The largest absolute Gasteiger partial charge is 0.350 e. The average molecular weight is 429 g/mol. The van der Waals surface area contributed by atoms with Crippen LogP contribution in [0, 0.1) is 5.82 Å². The Kier molecular flexibility index (Phi) is 6.52. The van der Waals surface area contributed by atoms with Gasteiger partial charge in [0, 0.05) is 11.6 Å². The van der Waals surface area contributed by atoms with E-state index in [1.54, 1.807) is 28.9 Å². The second kappa shape index (κ2) is 9.09. The lowest BCUT2D eigenvalue weighted by molar-refractivity contribution is 0.0941. The van der Waals surface area contributed by atoms with Gasteiger partial charge < -0.3 is 10.6 Å². The molecule has 0 aliphatic carbocycles. The van der Waals surface area contributed by atoms with Crippen LogP contribution in [-0.4, -0.2) is 27.6 Å². The van der Waals surface area contributed by atoms with Crippen LogP contribution in [0.15, 0.2) is 48.7 Å². The van der Waals surface area contributed by atoms with E-state index in [9.17, 15) is 14.0 Å². The third-order valence-corrected chi connectivity index (χ3v) is 4.75. The topological polar surface area (TPSA) is 76.0 Å². The summed E-state index contributed by atoms with van der Waals surface area (Å²) in [6.45, 7) is 5.63. The third kappa shape index (κ3) is 4.68. The van der Waals surface area contributed by atoms with Crippen LogP contribution < -0.4 is 10.6 Å². The first-order valence-corrected chi connectivity index (χ1v) is 9.92. The van der Waals surface area contributed by atoms with Gasteiger partial charge >= 0.3 is 0 Å². The molecule has 156 valence electrons. The van der Waals surface area contributed by atoms with Crippen LogP contribution in [0.4, 0.5) is 10.1 Å². The standard InChI is InChI=1S/C22H22ClFN4O2/c1-4-20-17(12-25-28(20)16-8-6-15(24)7-9-16)22(30)27-19-11-14(5-10-18(19)23)21(29)26-13(2)3/h5-13H,4H2,1-3H3,(H,26,29)(H,27,30). The Bertz CT molecular complexity index is 1080. The molecule has 0 saturated heterocycles. The number of carbonyl (C=O) groups excluding carboxylic acids is 2. The molecule has 0 fully saturated rings. The molecular formula is C22H22ClFN4O2. The lowest BCUT2D eigenvalue weighted by atomic mass is 10.1. The van der Waals surface area contributed by atoms with Gasteiger partial charge in [0.05, 0.1) is 33.9 Å². The maximum atomic E-state index is 13.2. The summed E-state index contributed by atoms with van der Waals surface area (Å²) < 4.78 is 14.8. The van der Waals surface area contributed by atoms with E-state index in [0.717, 1.165) is 0 Å². The molecule has 6 nitrogen and oxygen atoms in total. The van der Waals surface area contributed by atoms with Crippen molar-refractivity contribution in [2.24, 2.45) is 0 Å². The van der Waals surface area contributed by atoms with Crippen LogP contribution in [0.25, 0.3) is 5.69 Å². The molecular weight excluding hydrogens is 407 g/mol. The highest BCUT2D eigenvalue weighted by molar-refractivity contribution is 6.34. The van der Waals surface area contributed by atoms with Gasteiger partial charge in [0.2, 0.25) is 0 Å². The van der Waals surface area contributed by atoms with E-state index in [1.165, 1.54) is 24.4 Å². The van der Waals surface area contributed by atoms with Crippen LogP contribution >= 0.6 is 11.6 Å². The van der Waals surface area contributed by atoms with Crippen molar-refractivity contribution >= 4 is 29.1 Å². The zero-order valence-corrected chi connectivity index (χ0v) is 17.6. The second-order valence-electron chi connectivity index (χ2n) is 7.02. The second-order valence-corrected chi connectivity index (χ2v) is 7.43. The van der Waals surface area contributed by atoms with Gasteiger partial charge in [-0.3, -0.25) is 9.59 Å². The number of hydrogen-bond acceptors (Lipinski definition) is 3. The monoisotopic (exact) mass is 428 g/mol. The van der Waals surface area contributed by atoms with Crippen molar-refractivity contribution in [3.8, 4) is 5.69 Å². The molecule has 0 aliphatic heterocycles. The molecule has 1 aromatic heterocycles. The molecule has 0 saturated carbocycles. The van der Waals surface area contributed by atoms with E-state index < -0.39 is 5.91 Å². The minimum absolute atomic E-state index is 0.0179. The number of nitrogens with one attached hydrogen (secondary N) is 2. The lowest BCUT2D eigenvalue weighted by Gasteiger charge is -2.12. The van der Waals surface area contributed by atoms with Crippen molar-refractivity contribution in [3.05, 3.63) is 76.3 Å². The molecule has 0 spiro atoms. The zero-order chi connectivity index (χ0) is 21.8. The molecule has 0 radical (unpaired) electrons. The summed E-state index contributed by atoms with van der Waals surface area (Å²) in [5, 5.41) is 10.2. The quantitative estimate of drug-likeness (QED) is 0.601. The first-order chi connectivity index (χ1) is 14.3. The summed E-state index contributed by atoms with van der Waals surface area (Å²) in [6, 6.07) is 10.5. The third-order valence-electron chi connectivity index (χ3n) is 4.42. The van der Waals surface area contributed by atoms with Gasteiger partial charge in [-0.05, 0) is 62.7 Å². The first kappa shape index (κ1) is 21.5. The molecule has 2 amide bonds. The summed E-state index contributed by atoms with van der Waals surface area (Å²) in [4.78, 5) is 25.2. The summed E-state index contributed by atoms with van der Waals surface area (Å²) >= 11 is 6.22. The van der Waals surface area contributed by atoms with Crippen LogP contribution in [0.1, 0.15) is 47.2 Å². The smallest absolute Gasteiger partial charge is 0.259 e. The Hall–Kier alpha value is -3.19. The fourth-order valence-corrected chi connectivity index (χ4v) is 3.17. The minimum atomic E-state index is -0.400. The molecule has 2 N–H and O–H groups in total. The maximum Gasteiger partial charge on any atom is 0.259 e. The number of nitrogens with zero attached hydrogens (tertiary/aromatic N) is 2. The number of halogens is 2. The van der Waals surface area contributed by atoms with Crippen LogP contribution in [0.5, 0.6) is 0 Å². The van der Waals surface area contributed by atoms with Gasteiger partial charge in [0.15, 0.2) is 0 Å². The van der Waals surface area contributed by atoms with Crippen molar-refractivity contribution < 1.29 is 14.0 Å². The van der Waals surface area contributed by atoms with E-state index in [-0.39, 0.29) is 17.8 Å². The fraction of sp³-hybridized carbons (Fsp3) is 0.227. The van der Waals surface area contributed by atoms with Crippen molar-refractivity contribution in [2.75, 3.05) is 5.32 Å². The molecule has 2 aromatic carbocycles. The van der Waals surface area contributed by atoms with E-state index in [4.69, 9.17) is 11.6 Å². The number of amides is 2. The van der Waals surface area contributed by atoms with Gasteiger partial charge in [-0.2, -0.15) is 5.10 Å². The SMILES string of the molecule is CCc1c(C(=O)Nc2cc(C(=O)NC(C)C)ccc2Cl)cnn1-c1ccc(F)cc1. The minimum Gasteiger partial charge on any atom is -0.350 e. The number of anilines is 1. The van der Waals surface area contributed by atoms with Gasteiger partial charge in [-0.25, -0.2) is 9.07 Å². The van der Waals surface area contributed by atoms with Gasteiger partial charge in [0.1, 0.15) is 5.82 Å². The van der Waals surface area contributed by atoms with Gasteiger partial charge in [-0.1, -0.05) is 18.5 Å². The van der Waals surface area contributed by atoms with Gasteiger partial charge in [-0.15, -0.1) is 0 Å². The van der Waals surface area contributed by atoms with E-state index >= 15 is 0 Å². The highest BCUT2D eigenvalue weighted by Gasteiger charge is 2.19. The van der Waals surface area contributed by atoms with Crippen LogP contribution in [0.2, 0.25) is 5.02 Å². The molecule has 0 bridgehead atoms. The summed E-state index contributed by atoms with van der Waals surface area (Å²) in [5.41, 5.74) is 2.41. The summed E-state index contributed by atoms with van der Waals surface area (Å²) in [7, 11) is 0. The number of benzene rings is 2. The van der Waals surface area contributed by atoms with Crippen molar-refractivity contribution in [1.82, 2.24) is 15.1 Å². The first-order valence-electron chi connectivity index (χ1n) is 9.54. The Morgan fingerprint density at radius 1 is 1.13 bits per heavy atom. The zero-order valence-electron chi connectivity index (χ0n) is 16.9. The highest BCUT2D eigenvalue weighted by atomic mass is 35.5. The Balaban J connectivity index is 1.88. The molecule has 30 heavy (non-hydrogen) atoms. The predicted molar refractivity (Wildman–Crippen MR) is 115 cm³/mol. The number of aromatic nitrogens is 2. The average Bonchev–Trinajstić information content (AvgIpc) is 3.13. The molecule has 3 aromatic rings. The number of carbonyl (C=O) groups is 2. The highest BCUT2D eigenvalue weighted by Crippen LogP contribution is 2.25. The molecule has 3 rings (SSSR count).